The molecule has 0 aliphatic heterocycles. The van der Waals surface area contributed by atoms with E-state index in [1.807, 2.05) is 0 Å². The molecular formula is C53H53N5O10. The zero-order valence-corrected chi connectivity index (χ0v) is 37.1. The number of aromatic hydroxyl groups is 5. The lowest BCUT2D eigenvalue weighted by Crippen LogP contribution is -2.46. The van der Waals surface area contributed by atoms with Crippen LogP contribution in [0.15, 0.2) is 152 Å². The highest BCUT2D eigenvalue weighted by Crippen LogP contribution is 2.15. The number of hydrogen-bond acceptors (Lipinski definition) is 10. The van der Waals surface area contributed by atoms with Gasteiger partial charge in [-0.05, 0) is 119 Å². The Bertz CT molecular complexity index is 2460. The molecule has 0 atom stereocenters. The summed E-state index contributed by atoms with van der Waals surface area (Å²) in [6.07, 6.45) is 14.6. The minimum absolute atomic E-state index is 0.00356. The lowest BCUT2D eigenvalue weighted by Gasteiger charge is -2.29. The zero-order valence-electron chi connectivity index (χ0n) is 37.1. The van der Waals surface area contributed by atoms with Crippen LogP contribution in [0.1, 0.15) is 27.8 Å². The minimum atomic E-state index is -0.447. The van der Waals surface area contributed by atoms with Gasteiger partial charge in [-0.3, -0.25) is 24.0 Å². The maximum absolute atomic E-state index is 14.0. The smallest absolute Gasteiger partial charge is 0.246 e. The van der Waals surface area contributed by atoms with Crippen molar-refractivity contribution >= 4 is 59.9 Å². The van der Waals surface area contributed by atoms with Crippen molar-refractivity contribution in [3.63, 3.8) is 0 Å². The number of rotatable bonds is 22. The summed E-state index contributed by atoms with van der Waals surface area (Å²) in [5.41, 5.74) is 3.31. The molecule has 7 N–H and O–H groups in total. The molecule has 15 heteroatoms. The lowest BCUT2D eigenvalue weighted by molar-refractivity contribution is -0.131. The molecule has 0 heterocycles. The van der Waals surface area contributed by atoms with E-state index in [2.05, 4.69) is 10.6 Å². The minimum Gasteiger partial charge on any atom is -0.508 e. The largest absolute Gasteiger partial charge is 0.508 e. The Morgan fingerprint density at radius 2 is 0.529 bits per heavy atom. The van der Waals surface area contributed by atoms with Crippen LogP contribution >= 0.6 is 0 Å². The zero-order chi connectivity index (χ0) is 48.7. The number of benzene rings is 5. The Hall–Kier alpha value is -8.85. The van der Waals surface area contributed by atoms with Crippen molar-refractivity contribution in [1.82, 2.24) is 25.3 Å². The quantitative estimate of drug-likeness (QED) is 0.0414. The highest BCUT2D eigenvalue weighted by molar-refractivity contribution is 5.95. The fourth-order valence-electron chi connectivity index (χ4n) is 6.32. The fraction of sp³-hybridized carbons (Fsp3) is 0.151. The molecule has 15 nitrogen and oxygen atoms in total. The number of phenols is 5. The van der Waals surface area contributed by atoms with E-state index in [0.717, 1.165) is 0 Å². The molecular weight excluding hydrogens is 867 g/mol. The first-order valence-corrected chi connectivity index (χ1v) is 21.6. The van der Waals surface area contributed by atoms with Gasteiger partial charge in [0.15, 0.2) is 0 Å². The van der Waals surface area contributed by atoms with Crippen molar-refractivity contribution in [3.05, 3.63) is 180 Å². The molecule has 0 aliphatic carbocycles. The summed E-state index contributed by atoms with van der Waals surface area (Å²) >= 11 is 0. The van der Waals surface area contributed by atoms with E-state index in [4.69, 9.17) is 0 Å². The highest BCUT2D eigenvalue weighted by atomic mass is 16.3. The summed E-state index contributed by atoms with van der Waals surface area (Å²) < 4.78 is 0. The molecule has 0 unspecified atom stereocenters. The molecule has 0 bridgehead atoms. The molecule has 5 aromatic carbocycles. The molecule has 350 valence electrons. The second-order valence-corrected chi connectivity index (χ2v) is 15.2. The van der Waals surface area contributed by atoms with Gasteiger partial charge in [-0.25, -0.2) is 0 Å². The van der Waals surface area contributed by atoms with Crippen LogP contribution < -0.4 is 10.6 Å². The van der Waals surface area contributed by atoms with Crippen molar-refractivity contribution in [1.29, 1.82) is 0 Å². The highest BCUT2D eigenvalue weighted by Gasteiger charge is 2.19. The molecule has 0 spiro atoms. The van der Waals surface area contributed by atoms with Crippen molar-refractivity contribution in [2.75, 3.05) is 52.4 Å². The van der Waals surface area contributed by atoms with Crippen molar-refractivity contribution in [2.24, 2.45) is 0 Å². The van der Waals surface area contributed by atoms with Crippen molar-refractivity contribution < 1.29 is 49.5 Å². The van der Waals surface area contributed by atoms with Gasteiger partial charge in [0, 0.05) is 82.7 Å². The number of nitrogens with one attached hydrogen (secondary N) is 2. The first-order valence-electron chi connectivity index (χ1n) is 21.6. The standard InChI is InChI=1S/C53H53N5O10/c59-44-16-1-39(2-17-44)11-26-49(64)54-31-33-56(51(66)28-13-41-5-20-46(61)21-6-41)35-37-58(53(68)30-15-43-9-24-48(63)25-10-43)38-36-57(52(67)29-14-42-7-22-47(62)23-8-42)34-32-55-50(65)27-12-40-3-18-45(60)19-4-40/h1-30,59-63H,31-38H2,(H,54,64)(H,55,65)/b26-11+,27-12+,28-13+,29-14+,30-15+. The second-order valence-electron chi connectivity index (χ2n) is 15.2. The van der Waals surface area contributed by atoms with Gasteiger partial charge in [-0.15, -0.1) is 0 Å². The number of hydrogen-bond donors (Lipinski definition) is 7. The van der Waals surface area contributed by atoms with Crippen LogP contribution in [0, 0.1) is 0 Å². The van der Waals surface area contributed by atoms with E-state index in [9.17, 15) is 49.5 Å². The van der Waals surface area contributed by atoms with Gasteiger partial charge in [-0.2, -0.15) is 0 Å². The average Bonchev–Trinajstić information content (AvgIpc) is 3.34. The molecule has 5 aromatic rings. The maximum Gasteiger partial charge on any atom is 0.246 e. The average molecular weight is 920 g/mol. The van der Waals surface area contributed by atoms with E-state index in [1.165, 1.54) is 106 Å². The normalized spacial score (nSPS) is 11.4. The summed E-state index contributed by atoms with van der Waals surface area (Å²) in [6, 6.07) is 31.3. The van der Waals surface area contributed by atoms with Gasteiger partial charge >= 0.3 is 0 Å². The van der Waals surface area contributed by atoms with Crippen LogP contribution in [-0.4, -0.2) is 122 Å². The Kier molecular flexibility index (Phi) is 19.3. The van der Waals surface area contributed by atoms with Gasteiger partial charge < -0.3 is 50.9 Å². The Balaban J connectivity index is 1.34. The Morgan fingerprint density at radius 3 is 0.765 bits per heavy atom. The monoisotopic (exact) mass is 919 g/mol. The van der Waals surface area contributed by atoms with Crippen LogP contribution in [0.25, 0.3) is 30.4 Å². The van der Waals surface area contributed by atoms with E-state index in [1.54, 1.807) is 91.0 Å². The number of amides is 5. The SMILES string of the molecule is O=C(/C=C/c1ccc(O)cc1)NCCN(CCN(CCN(CCNC(=O)/C=C/c1ccc(O)cc1)C(=O)/C=C/c1ccc(O)cc1)C(=O)/C=C/c1ccc(O)cc1)C(=O)/C=C/c1ccc(O)cc1. The number of nitrogens with zero attached hydrogens (tertiary/aromatic N) is 3. The summed E-state index contributed by atoms with van der Waals surface area (Å²) in [4.78, 5) is 71.5. The first-order chi connectivity index (χ1) is 32.8. The van der Waals surface area contributed by atoms with Gasteiger partial charge in [-0.1, -0.05) is 60.7 Å². The van der Waals surface area contributed by atoms with Gasteiger partial charge in [0.25, 0.3) is 0 Å². The molecule has 5 amide bonds. The Labute approximate surface area is 394 Å². The molecule has 68 heavy (non-hydrogen) atoms. The molecule has 0 saturated heterocycles. The predicted octanol–water partition coefficient (Wildman–Crippen LogP) is 5.80. The summed E-state index contributed by atoms with van der Waals surface area (Å²) in [6.45, 7) is 0.221. The van der Waals surface area contributed by atoms with Gasteiger partial charge in [0.1, 0.15) is 28.7 Å². The van der Waals surface area contributed by atoms with E-state index >= 15 is 0 Å². The second kappa shape index (κ2) is 26.2. The third kappa shape index (κ3) is 18.0. The third-order valence-corrected chi connectivity index (χ3v) is 10.2. The summed E-state index contributed by atoms with van der Waals surface area (Å²) in [5, 5.41) is 53.9. The first kappa shape index (κ1) is 50.2. The number of phenolic OH excluding ortho intramolecular Hbond substituents is 5. The molecule has 0 saturated carbocycles. The van der Waals surface area contributed by atoms with Gasteiger partial charge in [0.05, 0.1) is 0 Å². The lowest BCUT2D eigenvalue weighted by atomic mass is 10.2. The third-order valence-electron chi connectivity index (χ3n) is 10.2. The molecule has 0 fully saturated rings. The van der Waals surface area contributed by atoms with Crippen LogP contribution in [-0.2, 0) is 24.0 Å². The van der Waals surface area contributed by atoms with E-state index in [-0.39, 0.29) is 81.1 Å². The van der Waals surface area contributed by atoms with Crippen LogP contribution in [0.3, 0.4) is 0 Å². The number of carbonyl (C=O) groups excluding carboxylic acids is 5. The van der Waals surface area contributed by atoms with Crippen LogP contribution in [0.2, 0.25) is 0 Å². The number of carbonyl (C=O) groups is 5. The van der Waals surface area contributed by atoms with Crippen molar-refractivity contribution in [3.8, 4) is 28.7 Å². The maximum atomic E-state index is 14.0. The molecule has 0 aromatic heterocycles. The Morgan fingerprint density at radius 1 is 0.324 bits per heavy atom. The van der Waals surface area contributed by atoms with Crippen LogP contribution in [0.4, 0.5) is 0 Å². The molecule has 0 aliphatic rings. The summed E-state index contributed by atoms with van der Waals surface area (Å²) in [7, 11) is 0. The van der Waals surface area contributed by atoms with Crippen molar-refractivity contribution in [2.45, 2.75) is 0 Å². The van der Waals surface area contributed by atoms with E-state index in [0.29, 0.717) is 27.8 Å². The predicted molar refractivity (Wildman–Crippen MR) is 261 cm³/mol. The summed E-state index contributed by atoms with van der Waals surface area (Å²) in [5.74, 6) is -1.78. The molecule has 5 rings (SSSR count). The topological polar surface area (TPSA) is 220 Å². The molecule has 0 radical (unpaired) electrons. The van der Waals surface area contributed by atoms with E-state index < -0.39 is 29.5 Å². The van der Waals surface area contributed by atoms with Crippen LogP contribution in [0.5, 0.6) is 28.7 Å². The van der Waals surface area contributed by atoms with Gasteiger partial charge in [0.2, 0.25) is 29.5 Å². The fourth-order valence-corrected chi connectivity index (χ4v) is 6.32.